The molecule has 0 amide bonds. The molecule has 0 aliphatic rings. The van der Waals surface area contributed by atoms with E-state index in [1.54, 1.807) is 11.3 Å². The predicted octanol–water partition coefficient (Wildman–Crippen LogP) is 6.58. The molecule has 0 saturated heterocycles. The summed E-state index contributed by atoms with van der Waals surface area (Å²) in [5.74, 6) is 0. The van der Waals surface area contributed by atoms with Crippen LogP contribution >= 0.6 is 22.7 Å². The molecule has 4 aromatic rings. The Balaban J connectivity index is 2.03. The number of hydrogen-bond donors (Lipinski definition) is 0. The molecular formula is C19H13S2+. The first-order valence-corrected chi connectivity index (χ1v) is 8.56. The molecule has 0 bridgehead atoms. The topological polar surface area (TPSA) is 0 Å². The molecule has 4 rings (SSSR count). The van der Waals surface area contributed by atoms with E-state index in [2.05, 4.69) is 78.2 Å². The lowest BCUT2D eigenvalue weighted by molar-refractivity contribution is 1.69. The van der Waals surface area contributed by atoms with E-state index in [4.69, 9.17) is 0 Å². The van der Waals surface area contributed by atoms with Crippen LogP contribution in [0.5, 0.6) is 0 Å². The zero-order valence-electron chi connectivity index (χ0n) is 11.3. The van der Waals surface area contributed by atoms with E-state index in [-0.39, 0.29) is 0 Å². The fraction of sp³-hybridized carbons (Fsp3) is 0. The van der Waals surface area contributed by atoms with Crippen LogP contribution in [0, 0.1) is 0 Å². The molecule has 0 saturated carbocycles. The number of fused-ring (bicyclic) bond motifs is 1. The van der Waals surface area contributed by atoms with Gasteiger partial charge in [0, 0.05) is 33.5 Å². The smallest absolute Gasteiger partial charge is 0.144 e. The number of thiophene rings is 1. The average Bonchev–Trinajstić information content (AvgIpc) is 3.09. The number of benzene rings is 2. The fourth-order valence-corrected chi connectivity index (χ4v) is 4.37. The lowest BCUT2D eigenvalue weighted by Gasteiger charge is -2.01. The van der Waals surface area contributed by atoms with Crippen molar-refractivity contribution in [2.45, 2.75) is 0 Å². The second-order valence-electron chi connectivity index (χ2n) is 4.86. The first kappa shape index (κ1) is 12.7. The molecule has 2 heteroatoms. The Morgan fingerprint density at radius 1 is 0.762 bits per heavy atom. The van der Waals surface area contributed by atoms with Gasteiger partial charge in [0.25, 0.3) is 0 Å². The van der Waals surface area contributed by atoms with E-state index >= 15 is 0 Å². The lowest BCUT2D eigenvalue weighted by Crippen LogP contribution is -1.80. The van der Waals surface area contributed by atoms with E-state index in [0.29, 0.717) is 0 Å². The van der Waals surface area contributed by atoms with Crippen LogP contribution in [0.25, 0.3) is 31.0 Å². The van der Waals surface area contributed by atoms with Gasteiger partial charge in [-0.1, -0.05) is 36.4 Å². The van der Waals surface area contributed by atoms with E-state index < -0.39 is 0 Å². The van der Waals surface area contributed by atoms with Crippen molar-refractivity contribution in [1.82, 2.24) is 0 Å². The average molecular weight is 305 g/mol. The molecule has 0 N–H and O–H groups in total. The highest BCUT2D eigenvalue weighted by atomic mass is 32.1. The lowest BCUT2D eigenvalue weighted by atomic mass is 10.1. The Morgan fingerprint density at radius 2 is 1.57 bits per heavy atom. The van der Waals surface area contributed by atoms with Crippen molar-refractivity contribution in [3.63, 3.8) is 0 Å². The second-order valence-corrected chi connectivity index (χ2v) is 6.90. The summed E-state index contributed by atoms with van der Waals surface area (Å²) in [6.45, 7) is 0. The Hall–Kier alpha value is -2.03. The van der Waals surface area contributed by atoms with E-state index in [1.807, 2.05) is 11.3 Å². The molecule has 0 aliphatic heterocycles. The molecular weight excluding hydrogens is 292 g/mol. The van der Waals surface area contributed by atoms with Crippen LogP contribution < -0.4 is 0 Å². The maximum absolute atomic E-state index is 2.33. The molecule has 100 valence electrons. The van der Waals surface area contributed by atoms with Gasteiger partial charge in [-0.05, 0) is 29.6 Å². The molecule has 2 aromatic heterocycles. The quantitative estimate of drug-likeness (QED) is 0.367. The van der Waals surface area contributed by atoms with E-state index in [9.17, 15) is 0 Å². The zero-order valence-corrected chi connectivity index (χ0v) is 13.0. The van der Waals surface area contributed by atoms with Gasteiger partial charge >= 0.3 is 0 Å². The summed E-state index contributed by atoms with van der Waals surface area (Å²) < 4.78 is 1.34. The summed E-state index contributed by atoms with van der Waals surface area (Å²) in [5, 5.41) is 3.48. The molecule has 0 atom stereocenters. The summed E-state index contributed by atoms with van der Waals surface area (Å²) in [7, 11) is 0. The van der Waals surface area contributed by atoms with Crippen molar-refractivity contribution in [1.29, 1.82) is 0 Å². The van der Waals surface area contributed by atoms with Crippen LogP contribution in [-0.4, -0.2) is 0 Å². The van der Waals surface area contributed by atoms with Gasteiger partial charge in [-0.3, -0.25) is 0 Å². The van der Waals surface area contributed by atoms with Gasteiger partial charge in [0.15, 0.2) is 0 Å². The Morgan fingerprint density at radius 3 is 2.38 bits per heavy atom. The van der Waals surface area contributed by atoms with Crippen LogP contribution in [0.1, 0.15) is 0 Å². The third-order valence-electron chi connectivity index (χ3n) is 3.52. The monoisotopic (exact) mass is 305 g/mol. The maximum atomic E-state index is 2.33. The van der Waals surface area contributed by atoms with Crippen LogP contribution in [-0.2, 0) is 0 Å². The number of hydrogen-bond acceptors (Lipinski definition) is 1. The summed E-state index contributed by atoms with van der Waals surface area (Å²) in [4.78, 5) is 2.65. The third kappa shape index (κ3) is 2.37. The highest BCUT2D eigenvalue weighted by Gasteiger charge is 2.18. The van der Waals surface area contributed by atoms with Crippen molar-refractivity contribution < 1.29 is 0 Å². The molecule has 0 nitrogen and oxygen atoms in total. The fourth-order valence-electron chi connectivity index (χ4n) is 2.52. The Bertz CT molecular complexity index is 878. The van der Waals surface area contributed by atoms with Crippen molar-refractivity contribution in [2.75, 3.05) is 0 Å². The minimum Gasteiger partial charge on any atom is -0.144 e. The number of rotatable bonds is 2. The summed E-state index contributed by atoms with van der Waals surface area (Å²) in [5.41, 5.74) is 2.62. The van der Waals surface area contributed by atoms with Gasteiger partial charge in [-0.25, -0.2) is 0 Å². The second kappa shape index (κ2) is 5.40. The molecule has 0 aliphatic carbocycles. The summed E-state index contributed by atoms with van der Waals surface area (Å²) >= 11 is 3.66. The van der Waals surface area contributed by atoms with Crippen molar-refractivity contribution in [2.24, 2.45) is 0 Å². The summed E-state index contributed by atoms with van der Waals surface area (Å²) in [6.07, 6.45) is 0. The Kier molecular flexibility index (Phi) is 3.26. The van der Waals surface area contributed by atoms with Crippen molar-refractivity contribution in [3.8, 4) is 20.9 Å². The maximum Gasteiger partial charge on any atom is 0.239 e. The zero-order chi connectivity index (χ0) is 14.1. The highest BCUT2D eigenvalue weighted by Crippen LogP contribution is 2.39. The third-order valence-corrected chi connectivity index (χ3v) is 5.57. The van der Waals surface area contributed by atoms with Crippen LogP contribution in [0.4, 0.5) is 0 Å². The SMILES string of the molecule is c1ccc(-c2cc(-c3cccs3)c3ccccc3[s+]2)cc1. The molecule has 0 radical (unpaired) electrons. The van der Waals surface area contributed by atoms with Gasteiger partial charge in [0.05, 0.1) is 0 Å². The molecule has 0 unspecified atom stereocenters. The standard InChI is InChI=1S/C19H13S2/c1-2-7-14(8-3-1)19-13-16(17-11-6-12-20-17)15-9-4-5-10-18(15)21-19/h1-13H/q+1. The van der Waals surface area contributed by atoms with E-state index in [0.717, 1.165) is 0 Å². The van der Waals surface area contributed by atoms with Gasteiger partial charge in [0.2, 0.25) is 20.9 Å². The first-order valence-electron chi connectivity index (χ1n) is 6.87. The van der Waals surface area contributed by atoms with Gasteiger partial charge in [0.1, 0.15) is 0 Å². The van der Waals surface area contributed by atoms with Gasteiger partial charge in [-0.2, -0.15) is 0 Å². The summed E-state index contributed by atoms with van der Waals surface area (Å²) in [6, 6.07) is 25.9. The highest BCUT2D eigenvalue weighted by molar-refractivity contribution is 7.21. The molecule has 0 fully saturated rings. The molecule has 2 heterocycles. The van der Waals surface area contributed by atoms with E-state index in [1.165, 1.54) is 31.0 Å². The minimum absolute atomic E-state index is 1.28. The Labute approximate surface area is 132 Å². The molecule has 21 heavy (non-hydrogen) atoms. The normalized spacial score (nSPS) is 10.9. The molecule has 0 spiro atoms. The predicted molar refractivity (Wildman–Crippen MR) is 95.0 cm³/mol. The minimum atomic E-state index is 1.28. The molecule has 2 aromatic carbocycles. The van der Waals surface area contributed by atoms with Gasteiger partial charge < -0.3 is 0 Å². The van der Waals surface area contributed by atoms with Gasteiger partial charge in [-0.15, -0.1) is 11.3 Å². The van der Waals surface area contributed by atoms with Crippen molar-refractivity contribution in [3.05, 3.63) is 78.2 Å². The first-order chi connectivity index (χ1) is 10.4. The largest absolute Gasteiger partial charge is 0.239 e. The van der Waals surface area contributed by atoms with Crippen LogP contribution in [0.3, 0.4) is 0 Å². The van der Waals surface area contributed by atoms with Crippen LogP contribution in [0.2, 0.25) is 0 Å². The van der Waals surface area contributed by atoms with Crippen molar-refractivity contribution >= 4 is 32.8 Å². The van der Waals surface area contributed by atoms with Crippen LogP contribution in [0.15, 0.2) is 78.2 Å².